The molecule has 0 saturated carbocycles. The second-order valence-corrected chi connectivity index (χ2v) is 3.17. The summed E-state index contributed by atoms with van der Waals surface area (Å²) in [6.07, 6.45) is 3.34. The Morgan fingerprint density at radius 3 is 2.31 bits per heavy atom. The number of carbonyl (C=O) groups is 1. The Morgan fingerprint density at radius 2 is 1.88 bits per heavy atom. The standard InChI is InChI=1S/C11H16N2O.C2H6/c1-4-13(5-2)11(14)10-8-12-7-6-9(10)3;1-2/h6-8H,4-5H2,1-3H3;1-2H3. The van der Waals surface area contributed by atoms with Gasteiger partial charge in [-0.3, -0.25) is 9.78 Å². The lowest BCUT2D eigenvalue weighted by Gasteiger charge is -2.19. The van der Waals surface area contributed by atoms with Crippen molar-refractivity contribution >= 4 is 5.91 Å². The van der Waals surface area contributed by atoms with Gasteiger partial charge in [0.25, 0.3) is 5.91 Å². The van der Waals surface area contributed by atoms with E-state index in [9.17, 15) is 4.79 Å². The van der Waals surface area contributed by atoms with Gasteiger partial charge in [0.1, 0.15) is 0 Å². The average Bonchev–Trinajstić information content (AvgIpc) is 2.33. The fourth-order valence-electron chi connectivity index (χ4n) is 1.37. The maximum Gasteiger partial charge on any atom is 0.255 e. The molecule has 0 aromatic carbocycles. The van der Waals surface area contributed by atoms with Crippen LogP contribution in [-0.2, 0) is 0 Å². The zero-order valence-electron chi connectivity index (χ0n) is 10.9. The van der Waals surface area contributed by atoms with Gasteiger partial charge in [-0.05, 0) is 32.4 Å². The maximum atomic E-state index is 11.9. The molecule has 16 heavy (non-hydrogen) atoms. The summed E-state index contributed by atoms with van der Waals surface area (Å²) < 4.78 is 0. The monoisotopic (exact) mass is 222 g/mol. The summed E-state index contributed by atoms with van der Waals surface area (Å²) in [4.78, 5) is 17.7. The van der Waals surface area contributed by atoms with Crippen molar-refractivity contribution in [3.8, 4) is 0 Å². The molecule has 1 heterocycles. The molecule has 3 nitrogen and oxygen atoms in total. The number of aryl methyl sites for hydroxylation is 1. The molecule has 1 aromatic heterocycles. The van der Waals surface area contributed by atoms with Crippen LogP contribution in [0.15, 0.2) is 18.5 Å². The van der Waals surface area contributed by atoms with Crippen LogP contribution < -0.4 is 0 Å². The third kappa shape index (κ3) is 3.65. The van der Waals surface area contributed by atoms with Crippen LogP contribution in [-0.4, -0.2) is 28.9 Å². The van der Waals surface area contributed by atoms with Crippen molar-refractivity contribution in [2.45, 2.75) is 34.6 Å². The van der Waals surface area contributed by atoms with E-state index in [0.29, 0.717) is 5.56 Å². The average molecular weight is 222 g/mol. The van der Waals surface area contributed by atoms with Gasteiger partial charge < -0.3 is 4.90 Å². The molecule has 0 N–H and O–H groups in total. The van der Waals surface area contributed by atoms with Crippen LogP contribution in [0.5, 0.6) is 0 Å². The largest absolute Gasteiger partial charge is 0.339 e. The van der Waals surface area contributed by atoms with Gasteiger partial charge >= 0.3 is 0 Å². The van der Waals surface area contributed by atoms with Crippen molar-refractivity contribution in [3.63, 3.8) is 0 Å². The summed E-state index contributed by atoms with van der Waals surface area (Å²) in [7, 11) is 0. The molecule has 1 aromatic rings. The predicted octanol–water partition coefficient (Wildman–Crippen LogP) is 2.90. The molecule has 1 rings (SSSR count). The highest BCUT2D eigenvalue weighted by molar-refractivity contribution is 5.95. The molecule has 0 atom stereocenters. The summed E-state index contributed by atoms with van der Waals surface area (Å²) >= 11 is 0. The van der Waals surface area contributed by atoms with Crippen LogP contribution in [0, 0.1) is 6.92 Å². The highest BCUT2D eigenvalue weighted by Crippen LogP contribution is 2.08. The molecule has 0 radical (unpaired) electrons. The van der Waals surface area contributed by atoms with Gasteiger partial charge in [0, 0.05) is 25.5 Å². The minimum absolute atomic E-state index is 0.0700. The lowest BCUT2D eigenvalue weighted by Crippen LogP contribution is -2.31. The van der Waals surface area contributed by atoms with Crippen molar-refractivity contribution in [2.75, 3.05) is 13.1 Å². The van der Waals surface area contributed by atoms with Gasteiger partial charge in [-0.25, -0.2) is 0 Å². The zero-order valence-corrected chi connectivity index (χ0v) is 10.9. The number of aromatic nitrogens is 1. The SMILES string of the molecule is CC.CCN(CC)C(=O)c1cnccc1C. The number of hydrogen-bond donors (Lipinski definition) is 0. The van der Waals surface area contributed by atoms with E-state index in [-0.39, 0.29) is 5.91 Å². The summed E-state index contributed by atoms with van der Waals surface area (Å²) in [6.45, 7) is 11.4. The Balaban J connectivity index is 0.00000106. The van der Waals surface area contributed by atoms with Crippen molar-refractivity contribution in [1.82, 2.24) is 9.88 Å². The first-order chi connectivity index (χ1) is 7.70. The fourth-order valence-corrected chi connectivity index (χ4v) is 1.37. The van der Waals surface area contributed by atoms with Crippen LogP contribution in [0.1, 0.15) is 43.6 Å². The molecule has 0 unspecified atom stereocenters. The summed E-state index contributed by atoms with van der Waals surface area (Å²) in [5.41, 5.74) is 1.69. The summed E-state index contributed by atoms with van der Waals surface area (Å²) in [6, 6.07) is 1.86. The minimum atomic E-state index is 0.0700. The molecule has 0 fully saturated rings. The predicted molar refractivity (Wildman–Crippen MR) is 67.6 cm³/mol. The van der Waals surface area contributed by atoms with E-state index < -0.39 is 0 Å². The Labute approximate surface area is 98.5 Å². The van der Waals surface area contributed by atoms with Gasteiger partial charge in [-0.1, -0.05) is 13.8 Å². The minimum Gasteiger partial charge on any atom is -0.339 e. The van der Waals surface area contributed by atoms with E-state index in [1.54, 1.807) is 17.3 Å². The fraction of sp³-hybridized carbons (Fsp3) is 0.538. The topological polar surface area (TPSA) is 33.2 Å². The second kappa shape index (κ2) is 7.85. The van der Waals surface area contributed by atoms with Crippen molar-refractivity contribution < 1.29 is 4.79 Å². The maximum absolute atomic E-state index is 11.9. The highest BCUT2D eigenvalue weighted by Gasteiger charge is 2.13. The molecular weight excluding hydrogens is 200 g/mol. The Bertz CT molecular complexity index is 319. The molecule has 90 valence electrons. The number of hydrogen-bond acceptors (Lipinski definition) is 2. The number of amides is 1. The Morgan fingerprint density at radius 1 is 1.31 bits per heavy atom. The van der Waals surface area contributed by atoms with Gasteiger partial charge in [0.15, 0.2) is 0 Å². The van der Waals surface area contributed by atoms with Crippen LogP contribution >= 0.6 is 0 Å². The number of rotatable bonds is 3. The molecule has 0 aliphatic heterocycles. The van der Waals surface area contributed by atoms with Gasteiger partial charge in [0.2, 0.25) is 0 Å². The van der Waals surface area contributed by atoms with E-state index in [2.05, 4.69) is 4.98 Å². The molecule has 0 bridgehead atoms. The molecule has 1 amide bonds. The number of nitrogens with zero attached hydrogens (tertiary/aromatic N) is 2. The number of carbonyl (C=O) groups excluding carboxylic acids is 1. The first-order valence-corrected chi connectivity index (χ1v) is 5.90. The highest BCUT2D eigenvalue weighted by atomic mass is 16.2. The van der Waals surface area contributed by atoms with E-state index in [1.807, 2.05) is 40.7 Å². The van der Waals surface area contributed by atoms with Gasteiger partial charge in [0.05, 0.1) is 5.56 Å². The van der Waals surface area contributed by atoms with Crippen LogP contribution in [0.4, 0.5) is 0 Å². The molecular formula is C13H22N2O. The lowest BCUT2D eigenvalue weighted by molar-refractivity contribution is 0.0772. The first-order valence-electron chi connectivity index (χ1n) is 5.90. The van der Waals surface area contributed by atoms with Gasteiger partial charge in [-0.2, -0.15) is 0 Å². The third-order valence-electron chi connectivity index (χ3n) is 2.32. The normalized spacial score (nSPS) is 9.06. The van der Waals surface area contributed by atoms with E-state index in [1.165, 1.54) is 0 Å². The summed E-state index contributed by atoms with van der Waals surface area (Å²) in [5, 5.41) is 0. The third-order valence-corrected chi connectivity index (χ3v) is 2.32. The van der Waals surface area contributed by atoms with E-state index >= 15 is 0 Å². The second-order valence-electron chi connectivity index (χ2n) is 3.17. The Kier molecular flexibility index (Phi) is 7.18. The zero-order chi connectivity index (χ0) is 12.6. The molecule has 0 aliphatic carbocycles. The van der Waals surface area contributed by atoms with Crippen LogP contribution in [0.25, 0.3) is 0 Å². The quantitative estimate of drug-likeness (QED) is 0.788. The van der Waals surface area contributed by atoms with Crippen molar-refractivity contribution in [3.05, 3.63) is 29.6 Å². The first kappa shape index (κ1) is 14.6. The van der Waals surface area contributed by atoms with Gasteiger partial charge in [-0.15, -0.1) is 0 Å². The smallest absolute Gasteiger partial charge is 0.255 e. The van der Waals surface area contributed by atoms with Crippen LogP contribution in [0.2, 0.25) is 0 Å². The molecule has 0 saturated heterocycles. The van der Waals surface area contributed by atoms with E-state index in [0.717, 1.165) is 18.7 Å². The lowest BCUT2D eigenvalue weighted by atomic mass is 10.1. The van der Waals surface area contributed by atoms with Crippen LogP contribution in [0.3, 0.4) is 0 Å². The molecule has 3 heteroatoms. The Hall–Kier alpha value is -1.38. The van der Waals surface area contributed by atoms with Crippen molar-refractivity contribution in [2.24, 2.45) is 0 Å². The molecule has 0 spiro atoms. The molecule has 0 aliphatic rings. The van der Waals surface area contributed by atoms with Crippen molar-refractivity contribution in [1.29, 1.82) is 0 Å². The number of pyridine rings is 1. The summed E-state index contributed by atoms with van der Waals surface area (Å²) in [5.74, 6) is 0.0700. The van der Waals surface area contributed by atoms with E-state index in [4.69, 9.17) is 0 Å².